The average Bonchev–Trinajstić information content (AvgIpc) is 3.19. The summed E-state index contributed by atoms with van der Waals surface area (Å²) in [7, 11) is 0. The number of rotatable bonds is 8. The van der Waals surface area contributed by atoms with E-state index in [4.69, 9.17) is 4.74 Å². The number of hydrazine groups is 1. The highest BCUT2D eigenvalue weighted by atomic mass is 79.9. The summed E-state index contributed by atoms with van der Waals surface area (Å²) >= 11 is 3.67. The van der Waals surface area contributed by atoms with Gasteiger partial charge in [0.15, 0.2) is 0 Å². The number of para-hydroxylation sites is 2. The van der Waals surface area contributed by atoms with Gasteiger partial charge in [-0.3, -0.25) is 15.5 Å². The topological polar surface area (TPSA) is 80.2 Å². The highest BCUT2D eigenvalue weighted by molar-refractivity contribution is 9.09. The maximum Gasteiger partial charge on any atom is 0.246 e. The Morgan fingerprint density at radius 2 is 2.15 bits per heavy atom. The van der Waals surface area contributed by atoms with Gasteiger partial charge in [0.05, 0.1) is 15.9 Å². The average molecular weight is 438 g/mol. The van der Waals surface area contributed by atoms with Crippen molar-refractivity contribution in [3.63, 3.8) is 0 Å². The van der Waals surface area contributed by atoms with Gasteiger partial charge in [0.2, 0.25) is 11.9 Å². The van der Waals surface area contributed by atoms with Crippen molar-refractivity contribution in [3.8, 4) is 0 Å². The van der Waals surface area contributed by atoms with Crippen molar-refractivity contribution in [2.75, 3.05) is 18.5 Å². The minimum Gasteiger partial charge on any atom is -0.382 e. The molecule has 3 rings (SSSR count). The van der Waals surface area contributed by atoms with Gasteiger partial charge in [0.1, 0.15) is 6.04 Å². The van der Waals surface area contributed by atoms with Gasteiger partial charge in [0, 0.05) is 25.8 Å². The molecule has 2 heterocycles. The monoisotopic (exact) mass is 437 g/mol. The molecule has 1 aromatic heterocycles. The molecule has 2 aromatic rings. The van der Waals surface area contributed by atoms with Gasteiger partial charge in [-0.05, 0) is 31.4 Å². The molecule has 1 aromatic carbocycles. The molecule has 1 aliphatic heterocycles. The molecule has 0 bridgehead atoms. The van der Waals surface area contributed by atoms with E-state index in [2.05, 4.69) is 55.5 Å². The van der Waals surface area contributed by atoms with Crippen LogP contribution in [0.4, 0.5) is 5.95 Å². The number of anilines is 1. The van der Waals surface area contributed by atoms with Crippen LogP contribution in [0.5, 0.6) is 0 Å². The number of benzene rings is 1. The van der Waals surface area contributed by atoms with Crippen molar-refractivity contribution < 1.29 is 9.53 Å². The van der Waals surface area contributed by atoms with E-state index in [-0.39, 0.29) is 22.8 Å². The number of imidazole rings is 1. The van der Waals surface area contributed by atoms with Crippen LogP contribution in [0, 0.1) is 5.92 Å². The second-order valence-electron chi connectivity index (χ2n) is 7.10. The highest BCUT2D eigenvalue weighted by Crippen LogP contribution is 2.24. The number of ether oxygens (including phenoxy) is 1. The maximum absolute atomic E-state index is 12.9. The first-order chi connectivity index (χ1) is 13.0. The van der Waals surface area contributed by atoms with Gasteiger partial charge in [0.25, 0.3) is 0 Å². The SMILES string of the molecule is CCOCCCn1c(NC(=O)C2NNC(C(C)C)C2Br)nc2ccccc21. The van der Waals surface area contributed by atoms with Crippen LogP contribution in [0.25, 0.3) is 11.0 Å². The lowest BCUT2D eigenvalue weighted by Crippen LogP contribution is -2.43. The molecule has 1 amide bonds. The summed E-state index contributed by atoms with van der Waals surface area (Å²) in [6.07, 6.45) is 0.858. The summed E-state index contributed by atoms with van der Waals surface area (Å²) in [5.41, 5.74) is 8.20. The van der Waals surface area contributed by atoms with Crippen LogP contribution in [0.3, 0.4) is 0 Å². The quantitative estimate of drug-likeness (QED) is 0.436. The molecular weight excluding hydrogens is 410 g/mol. The summed E-state index contributed by atoms with van der Waals surface area (Å²) in [5, 5.41) is 3.01. The second-order valence-corrected chi connectivity index (χ2v) is 8.15. The lowest BCUT2D eigenvalue weighted by Gasteiger charge is -2.19. The number of aromatic nitrogens is 2. The fourth-order valence-corrected chi connectivity index (χ4v) is 4.47. The molecule has 3 atom stereocenters. The van der Waals surface area contributed by atoms with Crippen molar-refractivity contribution >= 4 is 38.8 Å². The molecule has 148 valence electrons. The van der Waals surface area contributed by atoms with Gasteiger partial charge >= 0.3 is 0 Å². The third kappa shape index (κ3) is 4.51. The van der Waals surface area contributed by atoms with Crippen molar-refractivity contribution in [1.29, 1.82) is 0 Å². The van der Waals surface area contributed by atoms with E-state index in [0.717, 1.165) is 24.0 Å². The number of nitrogens with zero attached hydrogens (tertiary/aromatic N) is 2. The van der Waals surface area contributed by atoms with E-state index >= 15 is 0 Å². The first kappa shape index (κ1) is 20.3. The Labute approximate surface area is 168 Å². The van der Waals surface area contributed by atoms with E-state index < -0.39 is 0 Å². The first-order valence-electron chi connectivity index (χ1n) is 9.52. The fourth-order valence-electron chi connectivity index (χ4n) is 3.35. The number of halogens is 1. The Morgan fingerprint density at radius 1 is 1.37 bits per heavy atom. The molecular formula is C19H28BrN5O2. The van der Waals surface area contributed by atoms with Crippen LogP contribution >= 0.6 is 15.9 Å². The number of nitrogens with one attached hydrogen (secondary N) is 3. The second kappa shape index (κ2) is 9.14. The lowest BCUT2D eigenvalue weighted by molar-refractivity contribution is -0.117. The number of carbonyl (C=O) groups excluding carboxylic acids is 1. The number of hydrogen-bond acceptors (Lipinski definition) is 5. The smallest absolute Gasteiger partial charge is 0.246 e. The van der Waals surface area contributed by atoms with Gasteiger partial charge in [-0.25, -0.2) is 10.4 Å². The Morgan fingerprint density at radius 3 is 2.85 bits per heavy atom. The van der Waals surface area contributed by atoms with E-state index in [1.54, 1.807) is 0 Å². The Kier molecular flexibility index (Phi) is 6.86. The van der Waals surface area contributed by atoms with Crippen molar-refractivity contribution in [2.45, 2.75) is 50.6 Å². The summed E-state index contributed by atoms with van der Waals surface area (Å²) < 4.78 is 7.50. The highest BCUT2D eigenvalue weighted by Gasteiger charge is 2.40. The minimum absolute atomic E-state index is 0.00767. The summed E-state index contributed by atoms with van der Waals surface area (Å²) in [4.78, 5) is 17.5. The normalized spacial score (nSPS) is 22.6. The molecule has 27 heavy (non-hydrogen) atoms. The van der Waals surface area contributed by atoms with Crippen LogP contribution in [0.2, 0.25) is 0 Å². The predicted molar refractivity (Wildman–Crippen MR) is 111 cm³/mol. The molecule has 3 N–H and O–H groups in total. The third-order valence-corrected chi connectivity index (χ3v) is 5.93. The number of alkyl halides is 1. The zero-order valence-electron chi connectivity index (χ0n) is 16.0. The third-order valence-electron chi connectivity index (χ3n) is 4.83. The van der Waals surface area contributed by atoms with Crippen molar-refractivity contribution in [1.82, 2.24) is 20.4 Å². The fraction of sp³-hybridized carbons (Fsp3) is 0.579. The first-order valence-corrected chi connectivity index (χ1v) is 10.4. The molecule has 0 spiro atoms. The minimum atomic E-state index is -0.367. The molecule has 8 heteroatoms. The number of amides is 1. The number of carbonyl (C=O) groups is 1. The molecule has 0 saturated carbocycles. The van der Waals surface area contributed by atoms with Crippen LogP contribution in [-0.2, 0) is 16.1 Å². The van der Waals surface area contributed by atoms with Crippen molar-refractivity contribution in [2.24, 2.45) is 5.92 Å². The summed E-state index contributed by atoms with van der Waals surface area (Å²) in [6, 6.07) is 7.74. The molecule has 1 saturated heterocycles. The Balaban J connectivity index is 1.76. The van der Waals surface area contributed by atoms with Gasteiger partial charge in [-0.1, -0.05) is 41.9 Å². The largest absolute Gasteiger partial charge is 0.382 e. The Bertz CT molecular complexity index is 779. The molecule has 3 unspecified atom stereocenters. The number of aryl methyl sites for hydroxylation is 1. The van der Waals surface area contributed by atoms with E-state index in [1.807, 2.05) is 31.2 Å². The lowest BCUT2D eigenvalue weighted by atomic mass is 9.99. The molecule has 7 nitrogen and oxygen atoms in total. The molecule has 0 radical (unpaired) electrons. The number of hydrogen-bond donors (Lipinski definition) is 3. The van der Waals surface area contributed by atoms with Gasteiger partial charge in [-0.15, -0.1) is 0 Å². The molecule has 0 aliphatic carbocycles. The van der Waals surface area contributed by atoms with Gasteiger partial charge < -0.3 is 9.30 Å². The zero-order chi connectivity index (χ0) is 19.4. The summed E-state index contributed by atoms with van der Waals surface area (Å²) in [5.74, 6) is 0.879. The standard InChI is InChI=1S/C19H28BrN5O2/c1-4-27-11-7-10-25-14-9-6-5-8-13(14)21-19(25)22-18(26)17-15(20)16(12(2)3)23-24-17/h5-6,8-9,12,15-17,23-24H,4,7,10-11H2,1-3H3,(H,21,22,26). The number of fused-ring (bicyclic) bond motifs is 1. The van der Waals surface area contributed by atoms with Crippen LogP contribution in [-0.4, -0.2) is 45.6 Å². The summed E-state index contributed by atoms with van der Waals surface area (Å²) in [6.45, 7) is 8.38. The van der Waals surface area contributed by atoms with E-state index in [0.29, 0.717) is 25.1 Å². The molecule has 1 fully saturated rings. The van der Waals surface area contributed by atoms with E-state index in [1.165, 1.54) is 0 Å². The van der Waals surface area contributed by atoms with Crippen LogP contribution in [0.15, 0.2) is 24.3 Å². The molecule has 1 aliphatic rings. The Hall–Kier alpha value is -1.48. The van der Waals surface area contributed by atoms with Crippen LogP contribution in [0.1, 0.15) is 27.2 Å². The predicted octanol–water partition coefficient (Wildman–Crippen LogP) is 2.67. The van der Waals surface area contributed by atoms with Crippen LogP contribution < -0.4 is 16.2 Å². The van der Waals surface area contributed by atoms with Gasteiger partial charge in [-0.2, -0.15) is 0 Å². The zero-order valence-corrected chi connectivity index (χ0v) is 17.6. The maximum atomic E-state index is 12.9. The van der Waals surface area contributed by atoms with E-state index in [9.17, 15) is 4.79 Å². The van der Waals surface area contributed by atoms with Crippen molar-refractivity contribution in [3.05, 3.63) is 24.3 Å².